The number of carbonyl (C=O) groups excluding carboxylic acids is 1. The first-order chi connectivity index (χ1) is 21.0. The number of fused-ring (bicyclic) bond motifs is 1. The zero-order valence-corrected chi connectivity index (χ0v) is 28.9. The molecule has 5 rings (SSSR count). The molecular formula is C32H45BN8O3Si. The van der Waals surface area contributed by atoms with E-state index >= 15 is 0 Å². The molecule has 238 valence electrons. The number of hydrogen-bond acceptors (Lipinski definition) is 9. The SMILES string of the molecule is CB(O)N1C[C@](C)(CO[Si](C)(C)C(C)(C)C)c2cc(-c3ccnc(Nc4cc(C(=O)NC5CC5)n(C(C)C)n4)n3)cc(C#N)c21. The van der Waals surface area contributed by atoms with E-state index < -0.39 is 20.8 Å². The summed E-state index contributed by atoms with van der Waals surface area (Å²) in [6.45, 7) is 19.9. The molecule has 0 unspecified atom stereocenters. The van der Waals surface area contributed by atoms with E-state index in [-0.39, 0.29) is 23.0 Å². The van der Waals surface area contributed by atoms with Crippen molar-refractivity contribution in [2.45, 2.75) is 96.8 Å². The molecule has 1 atom stereocenters. The van der Waals surface area contributed by atoms with E-state index in [4.69, 9.17) is 9.41 Å². The van der Waals surface area contributed by atoms with Crippen molar-refractivity contribution in [2.24, 2.45) is 0 Å². The first-order valence-electron chi connectivity index (χ1n) is 15.7. The minimum Gasteiger partial charge on any atom is -0.432 e. The lowest BCUT2D eigenvalue weighted by molar-refractivity contribution is 0.0938. The summed E-state index contributed by atoms with van der Waals surface area (Å²) < 4.78 is 8.41. The Morgan fingerprint density at radius 2 is 2.00 bits per heavy atom. The number of nitrogens with zero attached hydrogens (tertiary/aromatic N) is 6. The van der Waals surface area contributed by atoms with E-state index in [1.807, 2.05) is 24.7 Å². The zero-order chi connectivity index (χ0) is 32.9. The van der Waals surface area contributed by atoms with Crippen LogP contribution in [0.25, 0.3) is 11.3 Å². The minimum atomic E-state index is -2.06. The van der Waals surface area contributed by atoms with Gasteiger partial charge in [0.15, 0.2) is 14.1 Å². The Hall–Kier alpha value is -3.73. The normalized spacial score (nSPS) is 18.1. The molecular weight excluding hydrogens is 583 g/mol. The number of aromatic nitrogens is 4. The molecule has 0 radical (unpaired) electrons. The Morgan fingerprint density at radius 1 is 1.29 bits per heavy atom. The predicted octanol–water partition coefficient (Wildman–Crippen LogP) is 5.64. The minimum absolute atomic E-state index is 0.0142. The summed E-state index contributed by atoms with van der Waals surface area (Å²) in [5, 5.41) is 31.9. The van der Waals surface area contributed by atoms with E-state index in [0.717, 1.165) is 29.7 Å². The molecule has 2 aliphatic rings. The average molecular weight is 629 g/mol. The Morgan fingerprint density at radius 3 is 2.60 bits per heavy atom. The highest BCUT2D eigenvalue weighted by atomic mass is 28.4. The van der Waals surface area contributed by atoms with E-state index in [1.165, 1.54) is 0 Å². The van der Waals surface area contributed by atoms with E-state index in [0.29, 0.717) is 41.9 Å². The summed E-state index contributed by atoms with van der Waals surface area (Å²) in [6, 6.07) is 9.99. The third-order valence-corrected chi connectivity index (χ3v) is 13.7. The summed E-state index contributed by atoms with van der Waals surface area (Å²) in [7, 11) is -2.83. The summed E-state index contributed by atoms with van der Waals surface area (Å²) in [5.41, 5.74) is 3.57. The molecule has 45 heavy (non-hydrogen) atoms. The van der Waals surface area contributed by atoms with Crippen molar-refractivity contribution >= 4 is 38.7 Å². The molecule has 1 amide bonds. The standard InChI is InChI=1S/C32H45BN8O3Si/c1-20(2)41-26(29(42)36-23-10-11-23)16-27(39-41)38-30-35-13-12-25(37-30)21-14-22(17-34)28-24(15-21)32(6,18-40(28)33(7)43)19-44-45(8,9)31(3,4)5/h12-16,20,23,43H,10-11,18-19H2,1-9H3,(H,36,42)(H,35,37,38,39)/t32-/m1/s1. The third-order valence-electron chi connectivity index (χ3n) is 9.26. The third kappa shape index (κ3) is 6.64. The summed E-state index contributed by atoms with van der Waals surface area (Å²) >= 11 is 0. The maximum atomic E-state index is 12.9. The molecule has 1 fully saturated rings. The zero-order valence-electron chi connectivity index (χ0n) is 27.9. The maximum Gasteiger partial charge on any atom is 0.409 e. The van der Waals surface area contributed by atoms with Gasteiger partial charge >= 0.3 is 7.05 Å². The van der Waals surface area contributed by atoms with Gasteiger partial charge in [0.25, 0.3) is 5.91 Å². The van der Waals surface area contributed by atoms with Crippen molar-refractivity contribution in [3.8, 4) is 17.3 Å². The van der Waals surface area contributed by atoms with Crippen LogP contribution in [0, 0.1) is 11.3 Å². The van der Waals surface area contributed by atoms with Gasteiger partial charge in [-0.2, -0.15) is 10.4 Å². The van der Waals surface area contributed by atoms with Crippen LogP contribution in [0.1, 0.15) is 82.0 Å². The van der Waals surface area contributed by atoms with Gasteiger partial charge in [0, 0.05) is 54.2 Å². The molecule has 0 saturated heterocycles. The molecule has 1 saturated carbocycles. The van der Waals surface area contributed by atoms with Crippen LogP contribution in [0.15, 0.2) is 30.5 Å². The van der Waals surface area contributed by atoms with E-state index in [9.17, 15) is 15.1 Å². The molecule has 3 aromatic rings. The second-order valence-corrected chi connectivity index (χ2v) is 19.3. The van der Waals surface area contributed by atoms with Crippen molar-refractivity contribution in [1.82, 2.24) is 25.1 Å². The molecule has 0 spiro atoms. The van der Waals surface area contributed by atoms with E-state index in [1.54, 1.807) is 29.8 Å². The second-order valence-electron chi connectivity index (χ2n) is 14.5. The van der Waals surface area contributed by atoms with Crippen LogP contribution < -0.4 is 15.4 Å². The van der Waals surface area contributed by atoms with Gasteiger partial charge in [-0.15, -0.1) is 0 Å². The lowest BCUT2D eigenvalue weighted by Crippen LogP contribution is -2.47. The second kappa shape index (κ2) is 11.9. The van der Waals surface area contributed by atoms with Gasteiger partial charge < -0.3 is 24.9 Å². The van der Waals surface area contributed by atoms with Crippen molar-refractivity contribution in [2.75, 3.05) is 23.3 Å². The molecule has 0 bridgehead atoms. The van der Waals surface area contributed by atoms with Crippen LogP contribution in [0.3, 0.4) is 0 Å². The van der Waals surface area contributed by atoms with Gasteiger partial charge in [0.1, 0.15) is 11.8 Å². The highest BCUT2D eigenvalue weighted by Crippen LogP contribution is 2.47. The van der Waals surface area contributed by atoms with Crippen LogP contribution in [0.2, 0.25) is 25.0 Å². The number of anilines is 3. The number of carbonyl (C=O) groups is 1. The Bertz CT molecular complexity index is 1640. The summed E-state index contributed by atoms with van der Waals surface area (Å²) in [4.78, 5) is 23.9. The van der Waals surface area contributed by atoms with Gasteiger partial charge in [-0.05, 0) is 75.4 Å². The fourth-order valence-electron chi connectivity index (χ4n) is 5.38. The molecule has 3 N–H and O–H groups in total. The van der Waals surface area contributed by atoms with Gasteiger partial charge in [0.05, 0.1) is 11.3 Å². The van der Waals surface area contributed by atoms with Crippen molar-refractivity contribution in [3.05, 3.63) is 47.3 Å². The smallest absolute Gasteiger partial charge is 0.409 e. The molecule has 3 heterocycles. The number of nitriles is 1. The fraction of sp³-hybridized carbons (Fsp3) is 0.531. The lowest BCUT2D eigenvalue weighted by atomic mass is 9.83. The topological polar surface area (TPSA) is 141 Å². The first kappa shape index (κ1) is 32.7. The molecule has 1 aromatic carbocycles. The van der Waals surface area contributed by atoms with Gasteiger partial charge in [0.2, 0.25) is 5.95 Å². The number of hydrogen-bond donors (Lipinski definition) is 3. The Labute approximate surface area is 267 Å². The molecule has 1 aliphatic heterocycles. The van der Waals surface area contributed by atoms with Crippen molar-refractivity contribution in [3.63, 3.8) is 0 Å². The molecule has 2 aromatic heterocycles. The summed E-state index contributed by atoms with van der Waals surface area (Å²) in [6.07, 6.45) is 3.67. The highest BCUT2D eigenvalue weighted by Gasteiger charge is 2.46. The summed E-state index contributed by atoms with van der Waals surface area (Å²) in [5.74, 6) is 0.649. The molecule has 1 aliphatic carbocycles. The van der Waals surface area contributed by atoms with Crippen LogP contribution in [0.5, 0.6) is 0 Å². The molecule has 13 heteroatoms. The molecule has 11 nitrogen and oxygen atoms in total. The average Bonchev–Trinajstić information content (AvgIpc) is 3.59. The van der Waals surface area contributed by atoms with Crippen LogP contribution in [0.4, 0.5) is 17.5 Å². The van der Waals surface area contributed by atoms with Crippen molar-refractivity contribution in [1.29, 1.82) is 5.26 Å². The van der Waals surface area contributed by atoms with E-state index in [2.05, 4.69) is 73.6 Å². The van der Waals surface area contributed by atoms with Crippen molar-refractivity contribution < 1.29 is 14.2 Å². The largest absolute Gasteiger partial charge is 0.432 e. The van der Waals surface area contributed by atoms with Crippen LogP contribution in [-0.4, -0.2) is 65.2 Å². The highest BCUT2D eigenvalue weighted by molar-refractivity contribution is 6.74. The Balaban J connectivity index is 1.48. The predicted molar refractivity (Wildman–Crippen MR) is 180 cm³/mol. The van der Waals surface area contributed by atoms with Crippen LogP contribution >= 0.6 is 0 Å². The van der Waals surface area contributed by atoms with Gasteiger partial charge in [-0.1, -0.05) is 27.7 Å². The quantitative estimate of drug-likeness (QED) is 0.243. The lowest BCUT2D eigenvalue weighted by Gasteiger charge is -2.39. The Kier molecular flexibility index (Phi) is 8.63. The fourth-order valence-corrected chi connectivity index (χ4v) is 6.49. The van der Waals surface area contributed by atoms with Gasteiger partial charge in [-0.3, -0.25) is 9.48 Å². The maximum absolute atomic E-state index is 12.9. The first-order valence-corrected chi connectivity index (χ1v) is 18.6. The number of benzene rings is 1. The monoisotopic (exact) mass is 628 g/mol. The number of amides is 1. The van der Waals surface area contributed by atoms with Gasteiger partial charge in [-0.25, -0.2) is 9.97 Å². The number of rotatable bonds is 10. The van der Waals surface area contributed by atoms with Crippen LogP contribution in [-0.2, 0) is 9.84 Å². The number of nitrogens with one attached hydrogen (secondary N) is 2.